The van der Waals surface area contributed by atoms with Gasteiger partial charge in [-0.1, -0.05) is 0 Å². The normalized spacial score (nSPS) is 28.9. The van der Waals surface area contributed by atoms with Crippen LogP contribution < -0.4 is 5.73 Å². The molecule has 0 aromatic heterocycles. The molecule has 2 atom stereocenters. The molecule has 5 heteroatoms. The van der Waals surface area contributed by atoms with E-state index in [0.29, 0.717) is 12.3 Å². The molecule has 1 saturated heterocycles. The lowest BCUT2D eigenvalue weighted by Crippen LogP contribution is -2.26. The lowest BCUT2D eigenvalue weighted by molar-refractivity contribution is 0.0562. The summed E-state index contributed by atoms with van der Waals surface area (Å²) in [4.78, 5) is 0. The summed E-state index contributed by atoms with van der Waals surface area (Å²) in [5.41, 5.74) is 5.41. The van der Waals surface area contributed by atoms with Crippen LogP contribution in [0.5, 0.6) is 0 Å². The second-order valence-corrected chi connectivity index (χ2v) is 5.74. The summed E-state index contributed by atoms with van der Waals surface area (Å²) in [6.45, 7) is 0.551. The van der Waals surface area contributed by atoms with Crippen LogP contribution in [-0.2, 0) is 14.6 Å². The maximum absolute atomic E-state index is 11.2. The second-order valence-electron chi connectivity index (χ2n) is 3.51. The van der Waals surface area contributed by atoms with Gasteiger partial charge in [0.25, 0.3) is 0 Å². The molecule has 1 aliphatic rings. The van der Waals surface area contributed by atoms with E-state index >= 15 is 0 Å². The first-order valence-electron chi connectivity index (χ1n) is 4.52. The highest BCUT2D eigenvalue weighted by molar-refractivity contribution is 7.91. The molecule has 78 valence electrons. The molecule has 4 nitrogen and oxygen atoms in total. The molecule has 0 aromatic carbocycles. The van der Waals surface area contributed by atoms with Gasteiger partial charge >= 0.3 is 0 Å². The molecule has 1 rings (SSSR count). The highest BCUT2D eigenvalue weighted by Crippen LogP contribution is 2.24. The van der Waals surface area contributed by atoms with E-state index in [0.717, 1.165) is 12.8 Å². The van der Waals surface area contributed by atoms with Gasteiger partial charge in [0.05, 0.1) is 17.6 Å². The van der Waals surface area contributed by atoms with Gasteiger partial charge in [-0.2, -0.15) is 0 Å². The molecular formula is C8H17NO3S. The van der Waals surface area contributed by atoms with Gasteiger partial charge in [-0.05, 0) is 19.4 Å². The van der Waals surface area contributed by atoms with Gasteiger partial charge in [-0.15, -0.1) is 0 Å². The quantitative estimate of drug-likeness (QED) is 0.692. The maximum Gasteiger partial charge on any atom is 0.150 e. The van der Waals surface area contributed by atoms with Crippen molar-refractivity contribution in [1.82, 2.24) is 0 Å². The van der Waals surface area contributed by atoms with Crippen LogP contribution >= 0.6 is 0 Å². The van der Waals surface area contributed by atoms with Crippen molar-refractivity contribution in [3.8, 4) is 0 Å². The van der Waals surface area contributed by atoms with E-state index in [1.165, 1.54) is 0 Å². The molecule has 0 bridgehead atoms. The number of nitrogens with two attached hydrogens (primary N) is 1. The first-order valence-corrected chi connectivity index (χ1v) is 6.34. The molecule has 2 N–H and O–H groups in total. The van der Waals surface area contributed by atoms with E-state index in [1.807, 2.05) is 0 Å². The molecule has 1 heterocycles. The zero-order valence-electron chi connectivity index (χ0n) is 7.90. The number of rotatable bonds is 4. The lowest BCUT2D eigenvalue weighted by Gasteiger charge is -2.19. The van der Waals surface area contributed by atoms with E-state index in [2.05, 4.69) is 0 Å². The van der Waals surface area contributed by atoms with Crippen LogP contribution in [0.1, 0.15) is 12.8 Å². The minimum atomic E-state index is -2.79. The third-order valence-corrected chi connectivity index (χ3v) is 4.34. The molecule has 1 aliphatic heterocycles. The SMILES string of the molecule is COC(CCN)C1CCS(=O)(=O)C1. The summed E-state index contributed by atoms with van der Waals surface area (Å²) in [5.74, 6) is 0.728. The molecule has 0 radical (unpaired) electrons. The Morgan fingerprint density at radius 1 is 1.62 bits per heavy atom. The largest absolute Gasteiger partial charge is 0.381 e. The third-order valence-electron chi connectivity index (χ3n) is 2.55. The van der Waals surface area contributed by atoms with Crippen molar-refractivity contribution in [2.45, 2.75) is 18.9 Å². The minimum absolute atomic E-state index is 0.0160. The standard InChI is InChI=1S/C8H17NO3S/c1-12-8(2-4-9)7-3-5-13(10,11)6-7/h7-8H,2-6,9H2,1H3. The van der Waals surface area contributed by atoms with Crippen molar-refractivity contribution in [3.63, 3.8) is 0 Å². The zero-order chi connectivity index (χ0) is 9.90. The van der Waals surface area contributed by atoms with E-state index in [1.54, 1.807) is 7.11 Å². The van der Waals surface area contributed by atoms with Gasteiger partial charge in [-0.3, -0.25) is 0 Å². The predicted molar refractivity (Wildman–Crippen MR) is 51.2 cm³/mol. The molecule has 0 amide bonds. The Hall–Kier alpha value is -0.130. The van der Waals surface area contributed by atoms with Crippen LogP contribution in [0.3, 0.4) is 0 Å². The van der Waals surface area contributed by atoms with Crippen LogP contribution in [-0.4, -0.2) is 39.7 Å². The number of methoxy groups -OCH3 is 1. The van der Waals surface area contributed by atoms with E-state index in [4.69, 9.17) is 10.5 Å². The van der Waals surface area contributed by atoms with Crippen LogP contribution in [0.25, 0.3) is 0 Å². The summed E-state index contributed by atoms with van der Waals surface area (Å²) in [6.07, 6.45) is 1.49. The van der Waals surface area contributed by atoms with Gasteiger partial charge in [0, 0.05) is 13.0 Å². The lowest BCUT2D eigenvalue weighted by atomic mass is 9.99. The van der Waals surface area contributed by atoms with Crippen molar-refractivity contribution in [1.29, 1.82) is 0 Å². The van der Waals surface area contributed by atoms with Crippen molar-refractivity contribution >= 4 is 9.84 Å². The molecule has 0 aliphatic carbocycles. The number of sulfone groups is 1. The molecular weight excluding hydrogens is 190 g/mol. The molecule has 0 saturated carbocycles. The smallest absolute Gasteiger partial charge is 0.150 e. The predicted octanol–water partition coefficient (Wildman–Crippen LogP) is -0.215. The van der Waals surface area contributed by atoms with Crippen LogP contribution in [0.15, 0.2) is 0 Å². The monoisotopic (exact) mass is 207 g/mol. The Morgan fingerprint density at radius 3 is 2.69 bits per heavy atom. The van der Waals surface area contributed by atoms with Crippen LogP contribution in [0.2, 0.25) is 0 Å². The van der Waals surface area contributed by atoms with Gasteiger partial charge < -0.3 is 10.5 Å². The summed E-state index contributed by atoms with van der Waals surface area (Å²) in [5, 5.41) is 0. The average molecular weight is 207 g/mol. The highest BCUT2D eigenvalue weighted by atomic mass is 32.2. The Kier molecular flexibility index (Phi) is 3.70. The van der Waals surface area contributed by atoms with Crippen molar-refractivity contribution < 1.29 is 13.2 Å². The second kappa shape index (κ2) is 4.39. The molecule has 13 heavy (non-hydrogen) atoms. The summed E-state index contributed by atoms with van der Waals surface area (Å²) in [6, 6.07) is 0. The van der Waals surface area contributed by atoms with Gasteiger partial charge in [0.15, 0.2) is 9.84 Å². The first-order chi connectivity index (χ1) is 6.09. The van der Waals surface area contributed by atoms with Crippen molar-refractivity contribution in [2.75, 3.05) is 25.2 Å². The maximum atomic E-state index is 11.2. The Bertz CT molecular complexity index is 250. The fourth-order valence-electron chi connectivity index (χ4n) is 1.83. The van der Waals surface area contributed by atoms with Crippen LogP contribution in [0, 0.1) is 5.92 Å². The minimum Gasteiger partial charge on any atom is -0.381 e. The Labute approximate surface area is 79.4 Å². The van der Waals surface area contributed by atoms with Gasteiger partial charge in [-0.25, -0.2) is 8.42 Å². The molecule has 0 spiro atoms. The van der Waals surface area contributed by atoms with E-state index in [-0.39, 0.29) is 17.8 Å². The van der Waals surface area contributed by atoms with Gasteiger partial charge in [0.1, 0.15) is 0 Å². The molecule has 0 aromatic rings. The number of ether oxygens (including phenoxy) is 1. The summed E-state index contributed by atoms with van der Waals surface area (Å²) >= 11 is 0. The van der Waals surface area contributed by atoms with Crippen LogP contribution in [0.4, 0.5) is 0 Å². The van der Waals surface area contributed by atoms with Gasteiger partial charge in [0.2, 0.25) is 0 Å². The number of hydrogen-bond donors (Lipinski definition) is 1. The third kappa shape index (κ3) is 2.93. The molecule has 2 unspecified atom stereocenters. The fourth-order valence-corrected chi connectivity index (χ4v) is 3.69. The Balaban J connectivity index is 2.52. The first kappa shape index (κ1) is 10.9. The fraction of sp³-hybridized carbons (Fsp3) is 1.00. The average Bonchev–Trinajstić information content (AvgIpc) is 2.42. The van der Waals surface area contributed by atoms with E-state index < -0.39 is 9.84 Å². The molecule has 1 fully saturated rings. The highest BCUT2D eigenvalue weighted by Gasteiger charge is 2.33. The Morgan fingerprint density at radius 2 is 2.31 bits per heavy atom. The van der Waals surface area contributed by atoms with E-state index in [9.17, 15) is 8.42 Å². The summed E-state index contributed by atoms with van der Waals surface area (Å²) in [7, 11) is -1.17. The summed E-state index contributed by atoms with van der Waals surface area (Å²) < 4.78 is 27.6. The zero-order valence-corrected chi connectivity index (χ0v) is 8.72. The topological polar surface area (TPSA) is 69.4 Å². The van der Waals surface area contributed by atoms with Crippen molar-refractivity contribution in [2.24, 2.45) is 11.7 Å². The number of hydrogen-bond acceptors (Lipinski definition) is 4. The van der Waals surface area contributed by atoms with Crippen molar-refractivity contribution in [3.05, 3.63) is 0 Å².